The Hall–Kier alpha value is -3.20. The minimum Gasteiger partial charge on any atom is -0.463 e. The van der Waals surface area contributed by atoms with Crippen molar-refractivity contribution in [2.45, 2.75) is 12.8 Å². The molecule has 0 spiro atoms. The Morgan fingerprint density at radius 2 is 2.33 bits per heavy atom. The van der Waals surface area contributed by atoms with Crippen molar-refractivity contribution in [3.63, 3.8) is 0 Å². The van der Waals surface area contributed by atoms with Gasteiger partial charge in [0.1, 0.15) is 12.0 Å². The van der Waals surface area contributed by atoms with Gasteiger partial charge in [-0.1, -0.05) is 0 Å². The standard InChI is InChI=1S/C18H20N6O3/c19-16(25)15-17-23-12(18(26)21-9-11-3-1-5-20-8-11)7-13(24(17)10-22-15)14-4-2-6-27-14/h2,4,6-7,10-11,20H,1,3,5,8-9H2,(H2,19,25)(H,21,26). The van der Waals surface area contributed by atoms with Gasteiger partial charge < -0.3 is 20.8 Å². The van der Waals surface area contributed by atoms with Crippen molar-refractivity contribution in [2.24, 2.45) is 11.7 Å². The fourth-order valence-electron chi connectivity index (χ4n) is 3.30. The van der Waals surface area contributed by atoms with Gasteiger partial charge in [-0.15, -0.1) is 0 Å². The van der Waals surface area contributed by atoms with E-state index in [4.69, 9.17) is 10.2 Å². The van der Waals surface area contributed by atoms with E-state index in [1.807, 2.05) is 0 Å². The lowest BCUT2D eigenvalue weighted by molar-refractivity contribution is 0.0938. The molecule has 1 aliphatic heterocycles. The van der Waals surface area contributed by atoms with Crippen LogP contribution in [-0.2, 0) is 0 Å². The van der Waals surface area contributed by atoms with E-state index in [1.54, 1.807) is 22.6 Å². The second-order valence-corrected chi connectivity index (χ2v) is 6.58. The number of hydrogen-bond acceptors (Lipinski definition) is 6. The van der Waals surface area contributed by atoms with Crippen molar-refractivity contribution in [2.75, 3.05) is 19.6 Å². The Balaban J connectivity index is 1.68. The van der Waals surface area contributed by atoms with Crippen LogP contribution in [0.2, 0.25) is 0 Å². The summed E-state index contributed by atoms with van der Waals surface area (Å²) < 4.78 is 7.04. The summed E-state index contributed by atoms with van der Waals surface area (Å²) in [7, 11) is 0. The normalized spacial score (nSPS) is 17.1. The summed E-state index contributed by atoms with van der Waals surface area (Å²) in [6, 6.07) is 5.12. The summed E-state index contributed by atoms with van der Waals surface area (Å²) >= 11 is 0. The van der Waals surface area contributed by atoms with Crippen molar-refractivity contribution in [3.05, 3.63) is 42.2 Å². The molecule has 1 unspecified atom stereocenters. The van der Waals surface area contributed by atoms with Crippen LogP contribution in [0, 0.1) is 5.92 Å². The fourth-order valence-corrected chi connectivity index (χ4v) is 3.30. The van der Waals surface area contributed by atoms with Crippen LogP contribution in [0.5, 0.6) is 0 Å². The third-order valence-electron chi connectivity index (χ3n) is 4.69. The molecule has 0 aliphatic carbocycles. The Kier molecular flexibility index (Phi) is 4.59. The maximum absolute atomic E-state index is 12.7. The third kappa shape index (κ3) is 3.41. The summed E-state index contributed by atoms with van der Waals surface area (Å²) in [4.78, 5) is 32.7. The molecule has 27 heavy (non-hydrogen) atoms. The Labute approximate surface area is 155 Å². The van der Waals surface area contributed by atoms with E-state index in [1.165, 1.54) is 12.6 Å². The summed E-state index contributed by atoms with van der Waals surface area (Å²) in [6.07, 6.45) is 5.15. The van der Waals surface area contributed by atoms with Crippen molar-refractivity contribution < 1.29 is 14.0 Å². The number of aromatic nitrogens is 3. The van der Waals surface area contributed by atoms with Crippen molar-refractivity contribution in [1.82, 2.24) is 25.0 Å². The lowest BCUT2D eigenvalue weighted by Gasteiger charge is -2.22. The molecule has 3 aromatic heterocycles. The number of nitrogens with zero attached hydrogens (tertiary/aromatic N) is 3. The highest BCUT2D eigenvalue weighted by molar-refractivity contribution is 5.99. The maximum atomic E-state index is 12.7. The molecule has 4 rings (SSSR count). The Morgan fingerprint density at radius 3 is 3.04 bits per heavy atom. The number of piperidine rings is 1. The zero-order valence-corrected chi connectivity index (χ0v) is 14.6. The average Bonchev–Trinajstić information content (AvgIpc) is 3.35. The number of nitrogens with one attached hydrogen (secondary N) is 2. The molecule has 0 saturated carbocycles. The van der Waals surface area contributed by atoms with Gasteiger partial charge in [0.15, 0.2) is 17.1 Å². The molecule has 2 amide bonds. The minimum atomic E-state index is -0.707. The number of hydrogen-bond donors (Lipinski definition) is 3. The SMILES string of the molecule is NC(=O)c1ncn2c(-c3ccco3)cc(C(=O)NCC3CCCNC3)nc12. The van der Waals surface area contributed by atoms with E-state index in [-0.39, 0.29) is 22.9 Å². The van der Waals surface area contributed by atoms with Gasteiger partial charge in [0.05, 0.1) is 12.0 Å². The van der Waals surface area contributed by atoms with E-state index in [0.29, 0.717) is 23.9 Å². The minimum absolute atomic E-state index is 0.00827. The number of nitrogens with two attached hydrogens (primary N) is 1. The lowest BCUT2D eigenvalue weighted by atomic mass is 10.00. The molecule has 0 bridgehead atoms. The van der Waals surface area contributed by atoms with Crippen molar-refractivity contribution in [3.8, 4) is 11.5 Å². The molecule has 1 saturated heterocycles. The number of amides is 2. The van der Waals surface area contributed by atoms with Gasteiger partial charge in [-0.25, -0.2) is 9.97 Å². The monoisotopic (exact) mass is 368 g/mol. The summed E-state index contributed by atoms with van der Waals surface area (Å²) in [6.45, 7) is 2.47. The Bertz CT molecular complexity index is 973. The lowest BCUT2D eigenvalue weighted by Crippen LogP contribution is -2.38. The zero-order chi connectivity index (χ0) is 18.8. The molecule has 1 fully saturated rings. The first kappa shape index (κ1) is 17.2. The number of primary amides is 1. The molecule has 0 radical (unpaired) electrons. The largest absolute Gasteiger partial charge is 0.463 e. The molecular formula is C18H20N6O3. The number of imidazole rings is 1. The highest BCUT2D eigenvalue weighted by Gasteiger charge is 2.21. The van der Waals surface area contributed by atoms with Crippen molar-refractivity contribution in [1.29, 1.82) is 0 Å². The van der Waals surface area contributed by atoms with Crippen LogP contribution >= 0.6 is 0 Å². The van der Waals surface area contributed by atoms with Crippen LogP contribution in [0.1, 0.15) is 33.8 Å². The van der Waals surface area contributed by atoms with E-state index >= 15 is 0 Å². The summed E-state index contributed by atoms with van der Waals surface area (Å²) in [5, 5.41) is 6.25. The fraction of sp³-hybridized carbons (Fsp3) is 0.333. The molecule has 1 aliphatic rings. The van der Waals surface area contributed by atoms with Gasteiger partial charge >= 0.3 is 0 Å². The quantitative estimate of drug-likeness (QED) is 0.612. The predicted molar refractivity (Wildman–Crippen MR) is 97.1 cm³/mol. The van der Waals surface area contributed by atoms with Crippen LogP contribution in [0.25, 0.3) is 17.1 Å². The first-order valence-electron chi connectivity index (χ1n) is 8.84. The van der Waals surface area contributed by atoms with Gasteiger partial charge in [-0.05, 0) is 50.0 Å². The third-order valence-corrected chi connectivity index (χ3v) is 4.69. The van der Waals surface area contributed by atoms with Crippen LogP contribution in [-0.4, -0.2) is 45.8 Å². The highest BCUT2D eigenvalue weighted by Crippen LogP contribution is 2.23. The molecule has 4 N–H and O–H groups in total. The van der Waals surface area contributed by atoms with Crippen LogP contribution in [0.15, 0.2) is 35.2 Å². The van der Waals surface area contributed by atoms with E-state index in [2.05, 4.69) is 20.6 Å². The number of carbonyl (C=O) groups is 2. The predicted octanol–water partition coefficient (Wildman–Crippen LogP) is 0.818. The van der Waals surface area contributed by atoms with Crippen molar-refractivity contribution >= 4 is 17.5 Å². The molecule has 9 nitrogen and oxygen atoms in total. The average molecular weight is 368 g/mol. The maximum Gasteiger partial charge on any atom is 0.271 e. The smallest absolute Gasteiger partial charge is 0.271 e. The Morgan fingerprint density at radius 1 is 1.44 bits per heavy atom. The second-order valence-electron chi connectivity index (χ2n) is 6.58. The molecule has 9 heteroatoms. The second kappa shape index (κ2) is 7.20. The number of furan rings is 1. The van der Waals surface area contributed by atoms with Crippen LogP contribution < -0.4 is 16.4 Å². The zero-order valence-electron chi connectivity index (χ0n) is 14.6. The van der Waals surface area contributed by atoms with E-state index in [0.717, 1.165) is 25.9 Å². The molecule has 140 valence electrons. The molecule has 0 aromatic carbocycles. The van der Waals surface area contributed by atoms with Gasteiger partial charge in [0, 0.05) is 6.54 Å². The number of fused-ring (bicyclic) bond motifs is 1. The van der Waals surface area contributed by atoms with E-state index < -0.39 is 5.91 Å². The number of rotatable bonds is 5. The van der Waals surface area contributed by atoms with Crippen LogP contribution in [0.3, 0.4) is 0 Å². The number of carbonyl (C=O) groups excluding carboxylic acids is 2. The first-order valence-corrected chi connectivity index (χ1v) is 8.84. The molecular weight excluding hydrogens is 348 g/mol. The van der Waals surface area contributed by atoms with Gasteiger partial charge in [-0.3, -0.25) is 14.0 Å². The molecule has 1 atom stereocenters. The molecule has 4 heterocycles. The van der Waals surface area contributed by atoms with Gasteiger partial charge in [0.25, 0.3) is 11.8 Å². The van der Waals surface area contributed by atoms with Gasteiger partial charge in [-0.2, -0.15) is 0 Å². The summed E-state index contributed by atoms with van der Waals surface area (Å²) in [5.41, 5.74) is 6.37. The van der Waals surface area contributed by atoms with Crippen LogP contribution in [0.4, 0.5) is 0 Å². The topological polar surface area (TPSA) is 128 Å². The molecule has 3 aromatic rings. The van der Waals surface area contributed by atoms with Gasteiger partial charge in [0.2, 0.25) is 0 Å². The van der Waals surface area contributed by atoms with E-state index in [9.17, 15) is 9.59 Å². The highest BCUT2D eigenvalue weighted by atomic mass is 16.3. The first-order chi connectivity index (χ1) is 13.1. The summed E-state index contributed by atoms with van der Waals surface area (Å²) in [5.74, 6) is -0.0952.